The molecule has 2 aliphatic heterocycles. The Morgan fingerprint density at radius 2 is 1.81 bits per heavy atom. The highest BCUT2D eigenvalue weighted by Crippen LogP contribution is 2.34. The number of piperidine rings is 1. The summed E-state index contributed by atoms with van der Waals surface area (Å²) in [7, 11) is 3.86. The lowest BCUT2D eigenvalue weighted by Gasteiger charge is -2.29. The summed E-state index contributed by atoms with van der Waals surface area (Å²) in [6.07, 6.45) is 2.41. The molecule has 1 saturated heterocycles. The Kier molecular flexibility index (Phi) is 4.92. The first kappa shape index (κ1) is 18.1. The molecule has 0 spiro atoms. The number of hydrogen-bond acceptors (Lipinski definition) is 3. The van der Waals surface area contributed by atoms with E-state index >= 15 is 0 Å². The van der Waals surface area contributed by atoms with Gasteiger partial charge in [0.1, 0.15) is 5.75 Å². The largest absolute Gasteiger partial charge is 0.497 e. The fraction of sp³-hybridized carbons (Fsp3) is 0.435. The van der Waals surface area contributed by atoms with E-state index in [2.05, 4.69) is 31.0 Å². The molecular weight excluding hydrogens is 336 g/mol. The van der Waals surface area contributed by atoms with Crippen LogP contribution in [0.5, 0.6) is 5.75 Å². The lowest BCUT2D eigenvalue weighted by molar-refractivity contribution is 0.0766. The van der Waals surface area contributed by atoms with Crippen molar-refractivity contribution in [2.45, 2.75) is 38.8 Å². The van der Waals surface area contributed by atoms with E-state index in [0.29, 0.717) is 19.0 Å². The number of methoxy groups -OCH3 is 1. The van der Waals surface area contributed by atoms with Crippen LogP contribution in [-0.2, 0) is 13.1 Å². The molecule has 0 aliphatic carbocycles. The van der Waals surface area contributed by atoms with Gasteiger partial charge in [-0.05, 0) is 80.2 Å². The molecule has 0 aromatic heterocycles. The molecule has 4 heteroatoms. The number of carbonyl (C=O) groups is 1. The minimum absolute atomic E-state index is 0.160. The fourth-order valence-corrected chi connectivity index (χ4v) is 4.41. The molecule has 0 N–H and O–H groups in total. The van der Waals surface area contributed by atoms with Gasteiger partial charge in [0.2, 0.25) is 0 Å². The quantitative estimate of drug-likeness (QED) is 0.823. The van der Waals surface area contributed by atoms with Gasteiger partial charge in [-0.1, -0.05) is 24.3 Å². The average Bonchev–Trinajstić information content (AvgIpc) is 2.99. The highest BCUT2D eigenvalue weighted by molar-refractivity contribution is 5.99. The van der Waals surface area contributed by atoms with Crippen LogP contribution in [0, 0.1) is 6.92 Å². The van der Waals surface area contributed by atoms with Crippen molar-refractivity contribution in [3.05, 3.63) is 64.2 Å². The zero-order valence-electron chi connectivity index (χ0n) is 16.5. The number of carbonyl (C=O) groups excluding carboxylic acids is 1. The lowest BCUT2D eigenvalue weighted by atomic mass is 9.86. The van der Waals surface area contributed by atoms with Crippen LogP contribution < -0.4 is 4.74 Å². The molecule has 2 aromatic carbocycles. The van der Waals surface area contributed by atoms with Gasteiger partial charge in [0.05, 0.1) is 7.11 Å². The van der Waals surface area contributed by atoms with Crippen LogP contribution in [-0.4, -0.2) is 43.0 Å². The van der Waals surface area contributed by atoms with Crippen LogP contribution in [0.15, 0.2) is 36.4 Å². The lowest BCUT2D eigenvalue weighted by Crippen LogP contribution is -2.29. The Hall–Kier alpha value is -2.33. The summed E-state index contributed by atoms with van der Waals surface area (Å²) < 4.78 is 5.22. The second kappa shape index (κ2) is 7.35. The smallest absolute Gasteiger partial charge is 0.255 e. The molecule has 2 aromatic rings. The number of ether oxygens (including phenoxy) is 1. The number of fused-ring (bicyclic) bond motifs is 1. The van der Waals surface area contributed by atoms with Crippen molar-refractivity contribution in [3.8, 4) is 5.75 Å². The maximum atomic E-state index is 13.0. The van der Waals surface area contributed by atoms with Gasteiger partial charge < -0.3 is 14.5 Å². The van der Waals surface area contributed by atoms with Crippen molar-refractivity contribution in [2.75, 3.05) is 27.2 Å². The predicted molar refractivity (Wildman–Crippen MR) is 107 cm³/mol. The molecule has 0 radical (unpaired) electrons. The van der Waals surface area contributed by atoms with Crippen LogP contribution in [0.4, 0.5) is 0 Å². The molecule has 27 heavy (non-hydrogen) atoms. The van der Waals surface area contributed by atoms with E-state index in [0.717, 1.165) is 35.5 Å². The van der Waals surface area contributed by atoms with E-state index in [4.69, 9.17) is 4.74 Å². The Morgan fingerprint density at radius 1 is 1.11 bits per heavy atom. The van der Waals surface area contributed by atoms with E-state index in [9.17, 15) is 4.79 Å². The summed E-state index contributed by atoms with van der Waals surface area (Å²) in [5.41, 5.74) is 5.79. The second-order valence-electron chi connectivity index (χ2n) is 7.96. The molecule has 4 nitrogen and oxygen atoms in total. The molecule has 0 atom stereocenters. The summed E-state index contributed by atoms with van der Waals surface area (Å²) in [6, 6.07) is 12.5. The molecule has 1 fully saturated rings. The normalized spacial score (nSPS) is 18.0. The number of aryl methyl sites for hydroxylation is 1. The van der Waals surface area contributed by atoms with Crippen LogP contribution in [0.3, 0.4) is 0 Å². The molecule has 2 heterocycles. The van der Waals surface area contributed by atoms with Crippen LogP contribution in [0.25, 0.3) is 0 Å². The monoisotopic (exact) mass is 364 g/mol. The zero-order chi connectivity index (χ0) is 19.0. The number of hydrogen-bond donors (Lipinski definition) is 0. The molecule has 0 unspecified atom stereocenters. The average molecular weight is 364 g/mol. The first-order valence-electron chi connectivity index (χ1n) is 9.79. The minimum atomic E-state index is 0.160. The van der Waals surface area contributed by atoms with Gasteiger partial charge in [-0.25, -0.2) is 0 Å². The van der Waals surface area contributed by atoms with E-state index in [1.807, 2.05) is 29.2 Å². The zero-order valence-corrected chi connectivity index (χ0v) is 16.5. The Balaban J connectivity index is 1.53. The maximum absolute atomic E-state index is 13.0. The minimum Gasteiger partial charge on any atom is -0.497 e. The van der Waals surface area contributed by atoms with Crippen LogP contribution >= 0.6 is 0 Å². The molecule has 142 valence electrons. The molecule has 4 rings (SSSR count). The van der Waals surface area contributed by atoms with Gasteiger partial charge >= 0.3 is 0 Å². The Labute approximate surface area is 161 Å². The molecular formula is C23H28N2O2. The first-order valence-corrected chi connectivity index (χ1v) is 9.79. The van der Waals surface area contributed by atoms with E-state index < -0.39 is 0 Å². The van der Waals surface area contributed by atoms with Gasteiger partial charge in [-0.2, -0.15) is 0 Å². The van der Waals surface area contributed by atoms with Gasteiger partial charge in [0.25, 0.3) is 5.91 Å². The summed E-state index contributed by atoms with van der Waals surface area (Å²) in [5, 5.41) is 0. The highest BCUT2D eigenvalue weighted by atomic mass is 16.5. The van der Waals surface area contributed by atoms with Crippen molar-refractivity contribution < 1.29 is 9.53 Å². The first-order chi connectivity index (χ1) is 13.0. The standard InChI is InChI=1S/C23H28N2O2/c1-16-12-19(18-8-10-24(2)11-9-18)13-20-15-25(23(26)22(16)20)14-17-4-6-21(27-3)7-5-17/h4-7,12-13,18H,8-11,14-15H2,1-3H3. The number of likely N-dealkylation sites (tertiary alicyclic amines) is 1. The van der Waals surface area contributed by atoms with E-state index in [-0.39, 0.29) is 5.91 Å². The second-order valence-corrected chi connectivity index (χ2v) is 7.96. The van der Waals surface area contributed by atoms with Gasteiger partial charge in [-0.15, -0.1) is 0 Å². The Bertz CT molecular complexity index is 836. The number of rotatable bonds is 4. The molecule has 0 bridgehead atoms. The molecule has 1 amide bonds. The summed E-state index contributed by atoms with van der Waals surface area (Å²) in [6.45, 7) is 5.75. The molecule has 0 saturated carbocycles. The highest BCUT2D eigenvalue weighted by Gasteiger charge is 2.30. The number of amides is 1. The number of nitrogens with zero attached hydrogens (tertiary/aromatic N) is 2. The van der Waals surface area contributed by atoms with E-state index in [1.54, 1.807) is 7.11 Å². The van der Waals surface area contributed by atoms with Crippen molar-refractivity contribution >= 4 is 5.91 Å². The summed E-state index contributed by atoms with van der Waals surface area (Å²) >= 11 is 0. The third-order valence-corrected chi connectivity index (χ3v) is 6.02. The van der Waals surface area contributed by atoms with Crippen molar-refractivity contribution in [2.24, 2.45) is 0 Å². The third-order valence-electron chi connectivity index (χ3n) is 6.02. The van der Waals surface area contributed by atoms with Crippen LogP contribution in [0.2, 0.25) is 0 Å². The van der Waals surface area contributed by atoms with Gasteiger partial charge in [-0.3, -0.25) is 4.79 Å². The van der Waals surface area contributed by atoms with Crippen molar-refractivity contribution in [1.29, 1.82) is 0 Å². The van der Waals surface area contributed by atoms with E-state index in [1.165, 1.54) is 24.0 Å². The maximum Gasteiger partial charge on any atom is 0.255 e. The van der Waals surface area contributed by atoms with Crippen LogP contribution in [0.1, 0.15) is 51.4 Å². The molecule has 2 aliphatic rings. The number of benzene rings is 2. The topological polar surface area (TPSA) is 32.8 Å². The SMILES string of the molecule is COc1ccc(CN2Cc3cc(C4CCN(C)CC4)cc(C)c3C2=O)cc1. The third kappa shape index (κ3) is 3.59. The van der Waals surface area contributed by atoms with Crippen molar-refractivity contribution in [1.82, 2.24) is 9.80 Å². The Morgan fingerprint density at radius 3 is 2.48 bits per heavy atom. The summed E-state index contributed by atoms with van der Waals surface area (Å²) in [5.74, 6) is 1.62. The predicted octanol–water partition coefficient (Wildman–Crippen LogP) is 3.97. The van der Waals surface area contributed by atoms with Crippen molar-refractivity contribution in [3.63, 3.8) is 0 Å². The van der Waals surface area contributed by atoms with Gasteiger partial charge in [0, 0.05) is 18.7 Å². The fourth-order valence-electron chi connectivity index (χ4n) is 4.41. The van der Waals surface area contributed by atoms with Gasteiger partial charge in [0.15, 0.2) is 0 Å². The summed E-state index contributed by atoms with van der Waals surface area (Å²) in [4.78, 5) is 17.3.